The molecule has 0 aliphatic rings. The first kappa shape index (κ1) is 19.4. The molecular formula is C14H19ClN2O5S. The van der Waals surface area contributed by atoms with Crippen molar-refractivity contribution in [2.75, 3.05) is 27.2 Å². The van der Waals surface area contributed by atoms with Crippen molar-refractivity contribution in [3.8, 4) is 0 Å². The summed E-state index contributed by atoms with van der Waals surface area (Å²) in [6.07, 6.45) is 0.266. The third-order valence-corrected chi connectivity index (χ3v) is 5.26. The number of benzene rings is 1. The molecule has 0 aromatic heterocycles. The number of rotatable bonds is 8. The quantitative estimate of drug-likeness (QED) is 0.751. The Morgan fingerprint density at radius 3 is 2.26 bits per heavy atom. The van der Waals surface area contributed by atoms with Gasteiger partial charge in [0.25, 0.3) is 0 Å². The summed E-state index contributed by atoms with van der Waals surface area (Å²) in [4.78, 5) is 23.8. The molecule has 0 heterocycles. The number of likely N-dealkylation sites (N-methyl/N-ethyl adjacent to an activating group) is 2. The van der Waals surface area contributed by atoms with Gasteiger partial charge in [0, 0.05) is 32.1 Å². The topological polar surface area (TPSA) is 95.0 Å². The van der Waals surface area contributed by atoms with Gasteiger partial charge in [0.15, 0.2) is 0 Å². The number of nitrogens with zero attached hydrogens (tertiary/aromatic N) is 2. The van der Waals surface area contributed by atoms with Crippen molar-refractivity contribution < 1.29 is 23.1 Å². The molecule has 0 atom stereocenters. The van der Waals surface area contributed by atoms with E-state index in [4.69, 9.17) is 16.7 Å². The highest BCUT2D eigenvalue weighted by Gasteiger charge is 2.24. The van der Waals surface area contributed by atoms with Crippen LogP contribution in [0.5, 0.6) is 0 Å². The lowest BCUT2D eigenvalue weighted by molar-refractivity contribution is -0.138. The zero-order chi connectivity index (χ0) is 17.6. The molecule has 0 aliphatic carbocycles. The molecule has 0 spiro atoms. The van der Waals surface area contributed by atoms with Crippen LogP contribution in [0.2, 0.25) is 5.02 Å². The number of sulfonamides is 1. The monoisotopic (exact) mass is 362 g/mol. The van der Waals surface area contributed by atoms with Gasteiger partial charge in [-0.05, 0) is 30.7 Å². The lowest BCUT2D eigenvalue weighted by atomic mass is 10.3. The first-order chi connectivity index (χ1) is 10.6. The Kier molecular flexibility index (Phi) is 6.99. The molecule has 7 nitrogen and oxygen atoms in total. The molecule has 1 amide bonds. The van der Waals surface area contributed by atoms with E-state index in [2.05, 4.69) is 0 Å². The van der Waals surface area contributed by atoms with Crippen LogP contribution in [0.3, 0.4) is 0 Å². The molecule has 0 aliphatic heterocycles. The number of hydrogen-bond donors (Lipinski definition) is 1. The largest absolute Gasteiger partial charge is 0.481 e. The Morgan fingerprint density at radius 2 is 1.74 bits per heavy atom. The summed E-state index contributed by atoms with van der Waals surface area (Å²) < 4.78 is 25.6. The highest BCUT2D eigenvalue weighted by atomic mass is 35.5. The lowest BCUT2D eigenvalue weighted by Crippen LogP contribution is -2.39. The van der Waals surface area contributed by atoms with Crippen LogP contribution in [0, 0.1) is 0 Å². The average molecular weight is 363 g/mol. The second kappa shape index (κ2) is 8.28. The van der Waals surface area contributed by atoms with Crippen molar-refractivity contribution in [1.29, 1.82) is 0 Å². The van der Waals surface area contributed by atoms with Crippen LogP contribution in [0.1, 0.15) is 12.8 Å². The fourth-order valence-electron chi connectivity index (χ4n) is 1.77. The third kappa shape index (κ3) is 5.81. The fraction of sp³-hybridized carbons (Fsp3) is 0.429. The molecule has 1 rings (SSSR count). The third-order valence-electron chi connectivity index (χ3n) is 3.19. The van der Waals surface area contributed by atoms with Gasteiger partial charge in [-0.15, -0.1) is 0 Å². The minimum atomic E-state index is -3.79. The summed E-state index contributed by atoms with van der Waals surface area (Å²) in [6.45, 7) is -0.0749. The predicted molar refractivity (Wildman–Crippen MR) is 85.8 cm³/mol. The maximum Gasteiger partial charge on any atom is 0.303 e. The summed E-state index contributed by atoms with van der Waals surface area (Å²) in [5, 5.41) is 8.98. The minimum absolute atomic E-state index is 0.0451. The van der Waals surface area contributed by atoms with E-state index in [1.54, 1.807) is 0 Å². The second-order valence-corrected chi connectivity index (χ2v) is 7.51. The normalized spacial score (nSPS) is 11.5. The molecule has 0 fully saturated rings. The predicted octanol–water partition coefficient (Wildman–Crippen LogP) is 1.28. The Hall–Kier alpha value is -1.64. The molecule has 128 valence electrons. The summed E-state index contributed by atoms with van der Waals surface area (Å²) in [5.41, 5.74) is 0. The number of amides is 1. The number of hydrogen-bond acceptors (Lipinski definition) is 4. The summed E-state index contributed by atoms with van der Waals surface area (Å²) >= 11 is 5.73. The van der Waals surface area contributed by atoms with Crippen molar-refractivity contribution in [2.45, 2.75) is 17.7 Å². The summed E-state index contributed by atoms with van der Waals surface area (Å²) in [6, 6.07) is 5.66. The molecule has 0 bridgehead atoms. The van der Waals surface area contributed by atoms with Gasteiger partial charge in [0.2, 0.25) is 15.9 Å². The Morgan fingerprint density at radius 1 is 1.17 bits per heavy atom. The van der Waals surface area contributed by atoms with Gasteiger partial charge in [-0.3, -0.25) is 9.59 Å². The second-order valence-electron chi connectivity index (χ2n) is 5.03. The molecule has 0 saturated heterocycles. The maximum absolute atomic E-state index is 12.3. The van der Waals surface area contributed by atoms with Crippen molar-refractivity contribution in [2.24, 2.45) is 0 Å². The zero-order valence-electron chi connectivity index (χ0n) is 12.9. The average Bonchev–Trinajstić information content (AvgIpc) is 2.46. The van der Waals surface area contributed by atoms with Gasteiger partial charge in [-0.2, -0.15) is 4.31 Å². The SMILES string of the molecule is CN(CCCC(=O)O)C(=O)CN(C)S(=O)(=O)c1ccc(Cl)cc1. The van der Waals surface area contributed by atoms with Crippen molar-refractivity contribution in [3.05, 3.63) is 29.3 Å². The molecule has 1 N–H and O–H groups in total. The van der Waals surface area contributed by atoms with Gasteiger partial charge >= 0.3 is 5.97 Å². The van der Waals surface area contributed by atoms with Gasteiger partial charge < -0.3 is 10.0 Å². The molecule has 1 aromatic rings. The summed E-state index contributed by atoms with van der Waals surface area (Å²) in [5.74, 6) is -1.34. The van der Waals surface area contributed by atoms with E-state index in [1.165, 1.54) is 43.3 Å². The van der Waals surface area contributed by atoms with Crippen LogP contribution in [0.25, 0.3) is 0 Å². The first-order valence-electron chi connectivity index (χ1n) is 6.82. The number of halogens is 1. The van der Waals surface area contributed by atoms with E-state index in [1.807, 2.05) is 0 Å². The Labute approximate surface area is 140 Å². The standard InChI is InChI=1S/C14H19ClN2O5S/c1-16(9-3-4-14(19)20)13(18)10-17(2)23(21,22)12-7-5-11(15)6-8-12/h5-8H,3-4,9-10H2,1-2H3,(H,19,20). The van der Waals surface area contributed by atoms with Crippen LogP contribution in [-0.2, 0) is 19.6 Å². The van der Waals surface area contributed by atoms with E-state index < -0.39 is 21.9 Å². The van der Waals surface area contributed by atoms with Crippen molar-refractivity contribution in [1.82, 2.24) is 9.21 Å². The van der Waals surface area contributed by atoms with E-state index in [0.29, 0.717) is 11.4 Å². The van der Waals surface area contributed by atoms with E-state index in [0.717, 1.165) is 4.31 Å². The smallest absolute Gasteiger partial charge is 0.303 e. The minimum Gasteiger partial charge on any atom is -0.481 e. The fourth-order valence-corrected chi connectivity index (χ4v) is 3.02. The maximum atomic E-state index is 12.3. The van der Waals surface area contributed by atoms with Crippen molar-refractivity contribution >= 4 is 33.5 Å². The number of carboxylic acid groups (broad SMARTS) is 1. The molecule has 0 saturated carbocycles. The molecule has 23 heavy (non-hydrogen) atoms. The number of aliphatic carboxylic acids is 1. The van der Waals surface area contributed by atoms with E-state index >= 15 is 0 Å². The van der Waals surface area contributed by atoms with Crippen LogP contribution in [0.15, 0.2) is 29.2 Å². The van der Waals surface area contributed by atoms with Crippen molar-refractivity contribution in [3.63, 3.8) is 0 Å². The molecular weight excluding hydrogens is 344 g/mol. The van der Waals surface area contributed by atoms with Crippen LogP contribution < -0.4 is 0 Å². The number of carbonyl (C=O) groups is 2. The van der Waals surface area contributed by atoms with Crippen LogP contribution in [-0.4, -0.2) is 61.8 Å². The first-order valence-corrected chi connectivity index (χ1v) is 8.64. The van der Waals surface area contributed by atoms with E-state index in [9.17, 15) is 18.0 Å². The number of carboxylic acids is 1. The molecule has 1 aromatic carbocycles. The number of carbonyl (C=O) groups excluding carboxylic acids is 1. The molecule has 0 radical (unpaired) electrons. The van der Waals surface area contributed by atoms with Crippen LogP contribution in [0.4, 0.5) is 0 Å². The van der Waals surface area contributed by atoms with E-state index in [-0.39, 0.29) is 24.4 Å². The van der Waals surface area contributed by atoms with Gasteiger partial charge in [0.05, 0.1) is 11.4 Å². The lowest BCUT2D eigenvalue weighted by Gasteiger charge is -2.21. The van der Waals surface area contributed by atoms with Gasteiger partial charge in [-0.25, -0.2) is 8.42 Å². The van der Waals surface area contributed by atoms with Crippen LogP contribution >= 0.6 is 11.6 Å². The highest BCUT2D eigenvalue weighted by Crippen LogP contribution is 2.17. The Bertz CT molecular complexity index is 660. The summed E-state index contributed by atoms with van der Waals surface area (Å²) in [7, 11) is -0.966. The molecule has 9 heteroatoms. The highest BCUT2D eigenvalue weighted by molar-refractivity contribution is 7.89. The zero-order valence-corrected chi connectivity index (χ0v) is 14.5. The molecule has 0 unspecified atom stereocenters. The Balaban J connectivity index is 2.66. The van der Waals surface area contributed by atoms with Gasteiger partial charge in [-0.1, -0.05) is 11.6 Å². The van der Waals surface area contributed by atoms with Gasteiger partial charge in [0.1, 0.15) is 0 Å².